The molecule has 4 rings (SSSR count). The molecule has 156 valence electrons. The van der Waals surface area contributed by atoms with Crippen molar-refractivity contribution in [2.45, 2.75) is 11.7 Å². The maximum Gasteiger partial charge on any atom is 0.234 e. The summed E-state index contributed by atoms with van der Waals surface area (Å²) >= 11 is 1.31. The van der Waals surface area contributed by atoms with Crippen LogP contribution in [0.25, 0.3) is 0 Å². The number of tetrazole rings is 1. The van der Waals surface area contributed by atoms with Crippen LogP contribution in [0, 0.1) is 0 Å². The molecule has 0 bridgehead atoms. The van der Waals surface area contributed by atoms with Crippen LogP contribution in [0.1, 0.15) is 5.56 Å². The number of aromatic nitrogens is 4. The van der Waals surface area contributed by atoms with Gasteiger partial charge in [0.05, 0.1) is 5.75 Å². The second-order valence-electron chi connectivity index (χ2n) is 7.22. The SMILES string of the molecule is Cn1nnnc1SCC(=O)Nc1ccc(N2CCN(Cc3ccccc3)CC2)cc1. The van der Waals surface area contributed by atoms with Gasteiger partial charge in [-0.2, -0.15) is 0 Å². The summed E-state index contributed by atoms with van der Waals surface area (Å²) in [6, 6.07) is 18.7. The Balaban J connectivity index is 1.23. The van der Waals surface area contributed by atoms with Crippen LogP contribution < -0.4 is 10.2 Å². The van der Waals surface area contributed by atoms with Gasteiger partial charge in [0.1, 0.15) is 0 Å². The third-order valence-corrected chi connectivity index (χ3v) is 6.06. The van der Waals surface area contributed by atoms with Crippen molar-refractivity contribution in [3.05, 3.63) is 60.2 Å². The van der Waals surface area contributed by atoms with E-state index in [1.165, 1.54) is 23.0 Å². The number of anilines is 2. The number of benzene rings is 2. The number of amides is 1. The predicted molar refractivity (Wildman–Crippen MR) is 119 cm³/mol. The van der Waals surface area contributed by atoms with Crippen molar-refractivity contribution in [1.82, 2.24) is 25.1 Å². The molecule has 1 aromatic heterocycles. The summed E-state index contributed by atoms with van der Waals surface area (Å²) in [7, 11) is 1.75. The molecule has 1 amide bonds. The molecule has 0 atom stereocenters. The van der Waals surface area contributed by atoms with E-state index in [0.29, 0.717) is 5.16 Å². The lowest BCUT2D eigenvalue weighted by Crippen LogP contribution is -2.45. The fourth-order valence-electron chi connectivity index (χ4n) is 3.43. The minimum Gasteiger partial charge on any atom is -0.369 e. The lowest BCUT2D eigenvalue weighted by atomic mass is 10.2. The van der Waals surface area contributed by atoms with E-state index in [-0.39, 0.29) is 11.7 Å². The maximum atomic E-state index is 12.2. The Bertz CT molecular complexity index is 953. The number of carbonyl (C=O) groups is 1. The number of piperazine rings is 1. The van der Waals surface area contributed by atoms with E-state index >= 15 is 0 Å². The summed E-state index contributed by atoms with van der Waals surface area (Å²) in [5.41, 5.74) is 3.34. The van der Waals surface area contributed by atoms with Gasteiger partial charge in [0, 0.05) is 51.1 Å². The summed E-state index contributed by atoms with van der Waals surface area (Å²) in [6.45, 7) is 5.09. The van der Waals surface area contributed by atoms with Crippen LogP contribution in [-0.4, -0.2) is 62.9 Å². The Hall–Kier alpha value is -2.91. The van der Waals surface area contributed by atoms with Gasteiger partial charge < -0.3 is 10.2 Å². The normalized spacial score (nSPS) is 14.6. The molecule has 8 nitrogen and oxygen atoms in total. The van der Waals surface area contributed by atoms with Crippen LogP contribution in [0.3, 0.4) is 0 Å². The monoisotopic (exact) mass is 423 g/mol. The van der Waals surface area contributed by atoms with Crippen LogP contribution in [0.2, 0.25) is 0 Å². The second-order valence-corrected chi connectivity index (χ2v) is 8.16. The first-order valence-electron chi connectivity index (χ1n) is 9.94. The van der Waals surface area contributed by atoms with Gasteiger partial charge >= 0.3 is 0 Å². The summed E-state index contributed by atoms with van der Waals surface area (Å²) in [4.78, 5) is 17.0. The predicted octanol–water partition coefficient (Wildman–Crippen LogP) is 2.26. The number of hydrogen-bond acceptors (Lipinski definition) is 7. The molecule has 3 aromatic rings. The molecule has 1 N–H and O–H groups in total. The summed E-state index contributed by atoms with van der Waals surface area (Å²) < 4.78 is 1.55. The summed E-state index contributed by atoms with van der Waals surface area (Å²) in [6.07, 6.45) is 0. The number of hydrogen-bond donors (Lipinski definition) is 1. The maximum absolute atomic E-state index is 12.2. The summed E-state index contributed by atoms with van der Waals surface area (Å²) in [5.74, 6) is 0.185. The van der Waals surface area contributed by atoms with Gasteiger partial charge in [-0.3, -0.25) is 9.69 Å². The van der Waals surface area contributed by atoms with Crippen molar-refractivity contribution in [1.29, 1.82) is 0 Å². The summed E-state index contributed by atoms with van der Waals surface area (Å²) in [5, 5.41) is 14.7. The number of aryl methyl sites for hydroxylation is 1. The smallest absolute Gasteiger partial charge is 0.234 e. The van der Waals surface area contributed by atoms with E-state index in [1.54, 1.807) is 11.7 Å². The Morgan fingerprint density at radius 2 is 1.77 bits per heavy atom. The molecule has 1 aliphatic heterocycles. The highest BCUT2D eigenvalue weighted by Crippen LogP contribution is 2.21. The van der Waals surface area contributed by atoms with Gasteiger partial charge in [-0.25, -0.2) is 4.68 Å². The third kappa shape index (κ3) is 5.37. The van der Waals surface area contributed by atoms with Gasteiger partial charge in [-0.1, -0.05) is 42.1 Å². The molecule has 0 saturated carbocycles. The van der Waals surface area contributed by atoms with Crippen LogP contribution >= 0.6 is 11.8 Å². The molecule has 2 heterocycles. The average Bonchev–Trinajstić information content (AvgIpc) is 3.19. The van der Waals surface area contributed by atoms with Crippen molar-refractivity contribution in [3.63, 3.8) is 0 Å². The zero-order chi connectivity index (χ0) is 20.8. The number of nitrogens with zero attached hydrogens (tertiary/aromatic N) is 6. The molecular weight excluding hydrogens is 398 g/mol. The first-order valence-corrected chi connectivity index (χ1v) is 10.9. The van der Waals surface area contributed by atoms with Crippen molar-refractivity contribution >= 4 is 29.0 Å². The topological polar surface area (TPSA) is 79.2 Å². The van der Waals surface area contributed by atoms with E-state index in [4.69, 9.17) is 0 Å². The highest BCUT2D eigenvalue weighted by molar-refractivity contribution is 7.99. The van der Waals surface area contributed by atoms with E-state index < -0.39 is 0 Å². The van der Waals surface area contributed by atoms with Gasteiger partial charge in [-0.05, 0) is 40.3 Å². The Labute approximate surface area is 180 Å². The quantitative estimate of drug-likeness (QED) is 0.584. The van der Waals surface area contributed by atoms with Gasteiger partial charge in [0.15, 0.2) is 0 Å². The van der Waals surface area contributed by atoms with E-state index in [0.717, 1.165) is 38.4 Å². The lowest BCUT2D eigenvalue weighted by molar-refractivity contribution is -0.113. The van der Waals surface area contributed by atoms with Crippen molar-refractivity contribution in [3.8, 4) is 0 Å². The number of thioether (sulfide) groups is 1. The number of carbonyl (C=O) groups excluding carboxylic acids is 1. The molecule has 0 radical (unpaired) electrons. The second kappa shape index (κ2) is 9.73. The van der Waals surface area contributed by atoms with Crippen LogP contribution in [0.15, 0.2) is 59.8 Å². The molecule has 2 aromatic carbocycles. The van der Waals surface area contributed by atoms with Crippen molar-refractivity contribution < 1.29 is 4.79 Å². The first kappa shape index (κ1) is 20.4. The molecule has 1 saturated heterocycles. The average molecular weight is 424 g/mol. The first-order chi connectivity index (χ1) is 14.7. The molecule has 1 fully saturated rings. The minimum absolute atomic E-state index is 0.0784. The van der Waals surface area contributed by atoms with E-state index in [2.05, 4.69) is 73.1 Å². The fraction of sp³-hybridized carbons (Fsp3) is 0.333. The highest BCUT2D eigenvalue weighted by Gasteiger charge is 2.17. The zero-order valence-electron chi connectivity index (χ0n) is 16.9. The fourth-order valence-corrected chi connectivity index (χ4v) is 4.08. The van der Waals surface area contributed by atoms with Crippen LogP contribution in [0.5, 0.6) is 0 Å². The third-order valence-electron chi connectivity index (χ3n) is 5.05. The Morgan fingerprint density at radius 3 is 2.43 bits per heavy atom. The Kier molecular flexibility index (Phi) is 6.60. The molecule has 1 aliphatic rings. The zero-order valence-corrected chi connectivity index (χ0v) is 17.8. The Morgan fingerprint density at radius 1 is 1.03 bits per heavy atom. The molecule has 9 heteroatoms. The standard InChI is InChI=1S/C21H25N7OS/c1-26-21(23-24-25-26)30-16-20(29)22-18-7-9-19(10-8-18)28-13-11-27(12-14-28)15-17-5-3-2-4-6-17/h2-10H,11-16H2,1H3,(H,22,29). The van der Waals surface area contributed by atoms with Crippen molar-refractivity contribution in [2.75, 3.05) is 42.1 Å². The number of rotatable bonds is 7. The van der Waals surface area contributed by atoms with Gasteiger partial charge in [-0.15, -0.1) is 5.10 Å². The van der Waals surface area contributed by atoms with Crippen LogP contribution in [0.4, 0.5) is 11.4 Å². The number of nitrogens with one attached hydrogen (secondary N) is 1. The molecule has 0 spiro atoms. The van der Waals surface area contributed by atoms with Crippen LogP contribution in [-0.2, 0) is 18.4 Å². The molecule has 30 heavy (non-hydrogen) atoms. The van der Waals surface area contributed by atoms with Gasteiger partial charge in [0.25, 0.3) is 0 Å². The molecule has 0 aliphatic carbocycles. The van der Waals surface area contributed by atoms with Gasteiger partial charge in [0.2, 0.25) is 11.1 Å². The molecule has 0 unspecified atom stereocenters. The lowest BCUT2D eigenvalue weighted by Gasteiger charge is -2.36. The highest BCUT2D eigenvalue weighted by atomic mass is 32.2. The van der Waals surface area contributed by atoms with E-state index in [9.17, 15) is 4.79 Å². The minimum atomic E-state index is -0.0784. The molecular formula is C21H25N7OS. The van der Waals surface area contributed by atoms with E-state index in [1.807, 2.05) is 12.1 Å². The van der Waals surface area contributed by atoms with Crippen molar-refractivity contribution in [2.24, 2.45) is 7.05 Å². The largest absolute Gasteiger partial charge is 0.369 e.